The van der Waals surface area contributed by atoms with Crippen LogP contribution in [0, 0.1) is 5.92 Å². The normalized spacial score (nSPS) is 25.7. The highest BCUT2D eigenvalue weighted by atomic mass is 16.1. The average molecular weight is 174 g/mol. The first kappa shape index (κ1) is 8.49. The van der Waals surface area contributed by atoms with Gasteiger partial charge in [-0.25, -0.2) is 0 Å². The second kappa shape index (κ2) is 2.99. The van der Waals surface area contributed by atoms with E-state index in [1.165, 1.54) is 12.0 Å². The van der Waals surface area contributed by atoms with Gasteiger partial charge in [0.2, 0.25) is 0 Å². The first-order valence-corrected chi connectivity index (χ1v) is 4.79. The molecule has 2 atom stereocenters. The zero-order valence-electron chi connectivity index (χ0n) is 8.08. The van der Waals surface area contributed by atoms with Crippen LogP contribution in [-0.2, 0) is 0 Å². The third-order valence-corrected chi connectivity index (χ3v) is 2.85. The summed E-state index contributed by atoms with van der Waals surface area (Å²) >= 11 is 0. The minimum Gasteiger partial charge on any atom is -0.295 e. The van der Waals surface area contributed by atoms with Crippen molar-refractivity contribution in [2.24, 2.45) is 5.92 Å². The highest BCUT2D eigenvalue weighted by Gasteiger charge is 2.33. The van der Waals surface area contributed by atoms with Crippen molar-refractivity contribution in [3.8, 4) is 0 Å². The molecular formula is C12H14O. The lowest BCUT2D eigenvalue weighted by Gasteiger charge is -1.99. The minimum absolute atomic E-state index is 0.149. The van der Waals surface area contributed by atoms with Crippen molar-refractivity contribution in [1.82, 2.24) is 0 Å². The maximum Gasteiger partial charge on any atom is 0.159 e. The fraction of sp³-hybridized carbons (Fsp3) is 0.417. The Morgan fingerprint density at radius 3 is 2.23 bits per heavy atom. The number of carbonyl (C=O) groups is 1. The Hall–Kier alpha value is -1.11. The van der Waals surface area contributed by atoms with Gasteiger partial charge in [-0.2, -0.15) is 0 Å². The SMILES string of the molecule is CC(=O)c1ccc(C2CC2C)cc1. The minimum atomic E-state index is 0.149. The number of carbonyl (C=O) groups excluding carboxylic acids is 1. The van der Waals surface area contributed by atoms with Crippen LogP contribution in [0.15, 0.2) is 24.3 Å². The van der Waals surface area contributed by atoms with E-state index in [0.29, 0.717) is 0 Å². The van der Waals surface area contributed by atoms with Crippen molar-refractivity contribution < 1.29 is 4.79 Å². The highest BCUT2D eigenvalue weighted by molar-refractivity contribution is 5.94. The monoisotopic (exact) mass is 174 g/mol. The number of ketones is 1. The lowest BCUT2D eigenvalue weighted by atomic mass is 10.1. The summed E-state index contributed by atoms with van der Waals surface area (Å²) in [5, 5.41) is 0. The van der Waals surface area contributed by atoms with Gasteiger partial charge >= 0.3 is 0 Å². The van der Waals surface area contributed by atoms with E-state index in [4.69, 9.17) is 0 Å². The Kier molecular flexibility index (Phi) is 1.95. The summed E-state index contributed by atoms with van der Waals surface area (Å²) in [4.78, 5) is 11.0. The summed E-state index contributed by atoms with van der Waals surface area (Å²) in [6.07, 6.45) is 1.30. The number of Topliss-reactive ketones (excluding diaryl/α,β-unsaturated/α-hetero) is 1. The van der Waals surface area contributed by atoms with Gasteiger partial charge in [-0.05, 0) is 30.7 Å². The fourth-order valence-corrected chi connectivity index (χ4v) is 1.75. The molecule has 0 aromatic heterocycles. The van der Waals surface area contributed by atoms with E-state index >= 15 is 0 Å². The smallest absolute Gasteiger partial charge is 0.159 e. The molecule has 0 amide bonds. The standard InChI is InChI=1S/C12H14O/c1-8-7-12(8)11-5-3-10(4-6-11)9(2)13/h3-6,8,12H,7H2,1-2H3. The molecule has 1 heteroatoms. The van der Waals surface area contributed by atoms with Gasteiger partial charge in [-0.1, -0.05) is 31.2 Å². The quantitative estimate of drug-likeness (QED) is 0.630. The second-order valence-corrected chi connectivity index (χ2v) is 4.00. The summed E-state index contributed by atoms with van der Waals surface area (Å²) in [5.74, 6) is 1.74. The lowest BCUT2D eigenvalue weighted by Crippen LogP contribution is -1.91. The van der Waals surface area contributed by atoms with Crippen molar-refractivity contribution in [2.75, 3.05) is 0 Å². The van der Waals surface area contributed by atoms with Gasteiger partial charge in [0, 0.05) is 5.56 Å². The van der Waals surface area contributed by atoms with Crippen molar-refractivity contribution in [3.05, 3.63) is 35.4 Å². The van der Waals surface area contributed by atoms with E-state index < -0.39 is 0 Å². The topological polar surface area (TPSA) is 17.1 Å². The van der Waals surface area contributed by atoms with Gasteiger partial charge in [0.15, 0.2) is 5.78 Å². The maximum absolute atomic E-state index is 11.0. The molecule has 13 heavy (non-hydrogen) atoms. The van der Waals surface area contributed by atoms with E-state index in [0.717, 1.165) is 17.4 Å². The first-order valence-electron chi connectivity index (χ1n) is 4.79. The van der Waals surface area contributed by atoms with Crippen LogP contribution in [0.5, 0.6) is 0 Å². The van der Waals surface area contributed by atoms with Crippen molar-refractivity contribution >= 4 is 5.78 Å². The van der Waals surface area contributed by atoms with Crippen molar-refractivity contribution in [3.63, 3.8) is 0 Å². The van der Waals surface area contributed by atoms with Crippen LogP contribution in [0.4, 0.5) is 0 Å². The molecule has 1 aliphatic rings. The molecule has 1 nitrogen and oxygen atoms in total. The summed E-state index contributed by atoms with van der Waals surface area (Å²) in [6, 6.07) is 8.04. The molecule has 0 aliphatic heterocycles. The van der Waals surface area contributed by atoms with Gasteiger partial charge in [0.1, 0.15) is 0 Å². The number of benzene rings is 1. The Morgan fingerprint density at radius 2 is 1.85 bits per heavy atom. The Balaban J connectivity index is 2.19. The molecule has 0 spiro atoms. The third kappa shape index (κ3) is 1.64. The highest BCUT2D eigenvalue weighted by Crippen LogP contribution is 2.46. The molecule has 1 saturated carbocycles. The molecule has 0 radical (unpaired) electrons. The Morgan fingerprint density at radius 1 is 1.31 bits per heavy atom. The zero-order chi connectivity index (χ0) is 9.42. The van der Waals surface area contributed by atoms with Crippen molar-refractivity contribution in [2.45, 2.75) is 26.2 Å². The van der Waals surface area contributed by atoms with Crippen LogP contribution in [0.3, 0.4) is 0 Å². The number of hydrogen-bond acceptors (Lipinski definition) is 1. The fourth-order valence-electron chi connectivity index (χ4n) is 1.75. The zero-order valence-corrected chi connectivity index (χ0v) is 8.08. The Labute approximate surface area is 78.8 Å². The average Bonchev–Trinajstić information content (AvgIpc) is 2.83. The first-order chi connectivity index (χ1) is 6.18. The Bertz CT molecular complexity index is 323. The molecule has 0 bridgehead atoms. The molecule has 1 aromatic carbocycles. The molecule has 1 fully saturated rings. The van der Waals surface area contributed by atoms with Gasteiger partial charge in [0.25, 0.3) is 0 Å². The maximum atomic E-state index is 11.0. The van der Waals surface area contributed by atoms with E-state index in [2.05, 4.69) is 19.1 Å². The second-order valence-electron chi connectivity index (χ2n) is 4.00. The molecule has 2 rings (SSSR count). The van der Waals surface area contributed by atoms with Gasteiger partial charge in [0.05, 0.1) is 0 Å². The molecular weight excluding hydrogens is 160 g/mol. The number of hydrogen-bond donors (Lipinski definition) is 0. The van der Waals surface area contributed by atoms with Gasteiger partial charge < -0.3 is 0 Å². The predicted octanol–water partition coefficient (Wildman–Crippen LogP) is 3.01. The van der Waals surface area contributed by atoms with Crippen LogP contribution in [0.2, 0.25) is 0 Å². The molecule has 0 N–H and O–H groups in total. The molecule has 0 heterocycles. The summed E-state index contributed by atoms with van der Waals surface area (Å²) in [7, 11) is 0. The summed E-state index contributed by atoms with van der Waals surface area (Å²) < 4.78 is 0. The van der Waals surface area contributed by atoms with E-state index in [-0.39, 0.29) is 5.78 Å². The van der Waals surface area contributed by atoms with E-state index in [1.54, 1.807) is 6.92 Å². The molecule has 2 unspecified atom stereocenters. The van der Waals surface area contributed by atoms with Crippen LogP contribution in [0.25, 0.3) is 0 Å². The molecule has 1 aliphatic carbocycles. The van der Waals surface area contributed by atoms with E-state index in [1.807, 2.05) is 12.1 Å². The summed E-state index contributed by atoms with van der Waals surface area (Å²) in [6.45, 7) is 3.87. The lowest BCUT2D eigenvalue weighted by molar-refractivity contribution is 0.101. The molecule has 0 saturated heterocycles. The van der Waals surface area contributed by atoms with Gasteiger partial charge in [-0.15, -0.1) is 0 Å². The summed E-state index contributed by atoms with van der Waals surface area (Å²) in [5.41, 5.74) is 2.20. The largest absolute Gasteiger partial charge is 0.295 e. The van der Waals surface area contributed by atoms with E-state index in [9.17, 15) is 4.79 Å². The molecule has 68 valence electrons. The van der Waals surface area contributed by atoms with Crippen LogP contribution >= 0.6 is 0 Å². The van der Waals surface area contributed by atoms with Gasteiger partial charge in [-0.3, -0.25) is 4.79 Å². The molecule has 1 aromatic rings. The van der Waals surface area contributed by atoms with Crippen LogP contribution in [-0.4, -0.2) is 5.78 Å². The predicted molar refractivity (Wildman–Crippen MR) is 53.0 cm³/mol. The van der Waals surface area contributed by atoms with Crippen LogP contribution < -0.4 is 0 Å². The number of rotatable bonds is 2. The third-order valence-electron chi connectivity index (χ3n) is 2.85. The van der Waals surface area contributed by atoms with Crippen LogP contribution in [0.1, 0.15) is 42.1 Å². The van der Waals surface area contributed by atoms with Crippen molar-refractivity contribution in [1.29, 1.82) is 0 Å².